The minimum atomic E-state index is -4.50. The van der Waals surface area contributed by atoms with Crippen LogP contribution in [0.25, 0.3) is 10.9 Å². The summed E-state index contributed by atoms with van der Waals surface area (Å²) in [5.74, 6) is 0.0560. The lowest BCUT2D eigenvalue weighted by molar-refractivity contribution is -0.155. The van der Waals surface area contributed by atoms with Gasteiger partial charge in [-0.1, -0.05) is 18.2 Å². The maximum atomic E-state index is 13.7. The number of benzene rings is 2. The van der Waals surface area contributed by atoms with E-state index in [-0.39, 0.29) is 23.2 Å². The Labute approximate surface area is 222 Å². The minimum absolute atomic E-state index is 0.197. The summed E-state index contributed by atoms with van der Waals surface area (Å²) in [5.41, 5.74) is 2.36. The van der Waals surface area contributed by atoms with Crippen LogP contribution in [-0.2, 0) is 6.42 Å². The number of aromatic amines is 1. The minimum Gasteiger partial charge on any atom is -0.489 e. The number of H-pyrrole nitrogens is 1. The molecule has 5 rings (SSSR count). The number of halogens is 6. The quantitative estimate of drug-likeness (QED) is 0.307. The molecule has 1 N–H and O–H groups in total. The van der Waals surface area contributed by atoms with Gasteiger partial charge in [0.2, 0.25) is 0 Å². The number of ether oxygens (including phenoxy) is 2. The van der Waals surface area contributed by atoms with Crippen molar-refractivity contribution in [2.45, 2.75) is 57.2 Å². The molecular formula is C28H31F6N3O2. The smallest absolute Gasteiger partial charge is 0.401 e. The van der Waals surface area contributed by atoms with E-state index in [0.29, 0.717) is 38.0 Å². The fourth-order valence-electron chi connectivity index (χ4n) is 5.88. The van der Waals surface area contributed by atoms with E-state index in [1.807, 2.05) is 24.3 Å². The third-order valence-corrected chi connectivity index (χ3v) is 7.51. The number of aromatic nitrogens is 1. The molecule has 0 aliphatic carbocycles. The van der Waals surface area contributed by atoms with Gasteiger partial charge in [-0.3, -0.25) is 14.2 Å². The van der Waals surface area contributed by atoms with Crippen LogP contribution < -0.4 is 9.47 Å². The monoisotopic (exact) mass is 555 g/mol. The SMILES string of the molecule is C[C@@H]1Cc2c([nH]c3ccccc23)[C@@H](c2ccc(O[C@H]3CCN(CCCF)C3)cc2OC(F)F)N1CC(F)(F)F. The van der Waals surface area contributed by atoms with Gasteiger partial charge in [0.15, 0.2) is 0 Å². The number of para-hydroxylation sites is 1. The summed E-state index contributed by atoms with van der Waals surface area (Å²) in [6.45, 7) is -1.16. The van der Waals surface area contributed by atoms with Crippen LogP contribution in [-0.4, -0.2) is 72.6 Å². The van der Waals surface area contributed by atoms with Gasteiger partial charge in [-0.05, 0) is 49.9 Å². The van der Waals surface area contributed by atoms with Crippen molar-refractivity contribution in [3.8, 4) is 11.5 Å². The van der Waals surface area contributed by atoms with E-state index in [4.69, 9.17) is 9.47 Å². The van der Waals surface area contributed by atoms with Gasteiger partial charge < -0.3 is 14.5 Å². The second-order valence-corrected chi connectivity index (χ2v) is 10.3. The van der Waals surface area contributed by atoms with Crippen LogP contribution in [0.1, 0.15) is 42.6 Å². The zero-order valence-electron chi connectivity index (χ0n) is 21.5. The predicted octanol–water partition coefficient (Wildman–Crippen LogP) is 6.48. The lowest BCUT2D eigenvalue weighted by Gasteiger charge is -2.41. The second-order valence-electron chi connectivity index (χ2n) is 10.3. The molecule has 1 saturated heterocycles. The van der Waals surface area contributed by atoms with Crippen molar-refractivity contribution in [1.82, 2.24) is 14.8 Å². The lowest BCUT2D eigenvalue weighted by atomic mass is 9.88. The van der Waals surface area contributed by atoms with Crippen molar-refractivity contribution in [1.29, 1.82) is 0 Å². The molecule has 39 heavy (non-hydrogen) atoms. The molecule has 2 aliphatic rings. The van der Waals surface area contributed by atoms with E-state index in [0.717, 1.165) is 23.0 Å². The van der Waals surface area contributed by atoms with E-state index in [1.54, 1.807) is 13.0 Å². The number of hydrogen-bond donors (Lipinski definition) is 1. The maximum absolute atomic E-state index is 13.7. The van der Waals surface area contributed by atoms with E-state index in [1.165, 1.54) is 17.0 Å². The van der Waals surface area contributed by atoms with Gasteiger partial charge in [0.1, 0.15) is 17.6 Å². The fraction of sp³-hybridized carbons (Fsp3) is 0.500. The van der Waals surface area contributed by atoms with Crippen molar-refractivity contribution in [3.05, 3.63) is 59.3 Å². The van der Waals surface area contributed by atoms with Crippen LogP contribution in [0.3, 0.4) is 0 Å². The summed E-state index contributed by atoms with van der Waals surface area (Å²) < 4.78 is 91.9. The number of alkyl halides is 6. The zero-order valence-corrected chi connectivity index (χ0v) is 21.5. The molecule has 0 bridgehead atoms. The number of rotatable bonds is 9. The van der Waals surface area contributed by atoms with Gasteiger partial charge >= 0.3 is 12.8 Å². The number of fused-ring (bicyclic) bond motifs is 3. The molecule has 1 aromatic heterocycles. The normalized spacial score (nSPS) is 22.5. The van der Waals surface area contributed by atoms with Crippen LogP contribution in [0.4, 0.5) is 26.3 Å². The molecule has 3 heterocycles. The molecule has 2 aromatic carbocycles. The summed E-state index contributed by atoms with van der Waals surface area (Å²) in [5, 5.41) is 0.894. The summed E-state index contributed by atoms with van der Waals surface area (Å²) in [7, 11) is 0. The van der Waals surface area contributed by atoms with Gasteiger partial charge in [0.25, 0.3) is 0 Å². The van der Waals surface area contributed by atoms with Crippen LogP contribution in [0.5, 0.6) is 11.5 Å². The van der Waals surface area contributed by atoms with Crippen LogP contribution in [0.2, 0.25) is 0 Å². The molecule has 3 atom stereocenters. The summed E-state index contributed by atoms with van der Waals surface area (Å²) in [6.07, 6.45) is -3.22. The summed E-state index contributed by atoms with van der Waals surface area (Å²) >= 11 is 0. The van der Waals surface area contributed by atoms with Crippen molar-refractivity contribution < 1.29 is 35.8 Å². The number of nitrogens with zero attached hydrogens (tertiary/aromatic N) is 2. The maximum Gasteiger partial charge on any atom is 0.401 e. The van der Waals surface area contributed by atoms with Gasteiger partial charge in [-0.2, -0.15) is 22.0 Å². The number of likely N-dealkylation sites (tertiary alicyclic amines) is 1. The third-order valence-electron chi connectivity index (χ3n) is 7.51. The largest absolute Gasteiger partial charge is 0.489 e. The molecular weight excluding hydrogens is 524 g/mol. The second kappa shape index (κ2) is 11.3. The standard InChI is InChI=1S/C28H31F6N3O2/c1-17-13-22-20-5-2-3-6-23(20)35-25(22)26(37(17)16-28(32,33)34)21-8-7-18(14-24(21)39-27(30)31)38-19-9-12-36(15-19)11-4-10-29/h2-3,5-8,14,17,19,26-27,35H,4,9-13,15-16H2,1H3/t17-,19+,26-/m1/s1. The highest BCUT2D eigenvalue weighted by Crippen LogP contribution is 2.45. The van der Waals surface area contributed by atoms with E-state index in [2.05, 4.69) is 9.88 Å². The molecule has 0 radical (unpaired) electrons. The average molecular weight is 556 g/mol. The average Bonchev–Trinajstić information content (AvgIpc) is 3.47. The Morgan fingerprint density at radius 2 is 1.92 bits per heavy atom. The topological polar surface area (TPSA) is 40.7 Å². The lowest BCUT2D eigenvalue weighted by Crippen LogP contribution is -2.47. The first kappa shape index (κ1) is 27.6. The van der Waals surface area contributed by atoms with Crippen molar-refractivity contribution in [3.63, 3.8) is 0 Å². The Morgan fingerprint density at radius 3 is 2.67 bits per heavy atom. The molecule has 3 aromatic rings. The molecule has 0 unspecified atom stereocenters. The van der Waals surface area contributed by atoms with Crippen molar-refractivity contribution >= 4 is 10.9 Å². The highest BCUT2D eigenvalue weighted by Gasteiger charge is 2.43. The van der Waals surface area contributed by atoms with Crippen LogP contribution in [0, 0.1) is 0 Å². The Hall–Kier alpha value is -2.92. The number of hydrogen-bond acceptors (Lipinski definition) is 4. The van der Waals surface area contributed by atoms with Gasteiger partial charge in [-0.15, -0.1) is 0 Å². The fourth-order valence-corrected chi connectivity index (χ4v) is 5.88. The summed E-state index contributed by atoms with van der Waals surface area (Å²) in [6, 6.07) is 10.4. The van der Waals surface area contributed by atoms with Gasteiger partial charge in [0, 0.05) is 53.9 Å². The first-order valence-electron chi connectivity index (χ1n) is 13.1. The van der Waals surface area contributed by atoms with E-state index >= 15 is 0 Å². The predicted molar refractivity (Wildman–Crippen MR) is 135 cm³/mol. The van der Waals surface area contributed by atoms with Gasteiger partial charge in [0.05, 0.1) is 19.3 Å². The first-order chi connectivity index (χ1) is 18.6. The Kier molecular flexibility index (Phi) is 8.00. The molecule has 0 spiro atoms. The molecule has 0 saturated carbocycles. The molecule has 5 nitrogen and oxygen atoms in total. The Morgan fingerprint density at radius 1 is 1.13 bits per heavy atom. The van der Waals surface area contributed by atoms with Crippen LogP contribution >= 0.6 is 0 Å². The first-order valence-corrected chi connectivity index (χ1v) is 13.1. The van der Waals surface area contributed by atoms with Crippen molar-refractivity contribution in [2.24, 2.45) is 0 Å². The van der Waals surface area contributed by atoms with Crippen molar-refractivity contribution in [2.75, 3.05) is 32.9 Å². The van der Waals surface area contributed by atoms with Gasteiger partial charge in [-0.25, -0.2) is 0 Å². The Bertz CT molecular complexity index is 1280. The van der Waals surface area contributed by atoms with Crippen LogP contribution in [0.15, 0.2) is 42.5 Å². The third kappa shape index (κ3) is 6.14. The molecule has 2 aliphatic heterocycles. The molecule has 0 amide bonds. The zero-order chi connectivity index (χ0) is 27.7. The highest BCUT2D eigenvalue weighted by atomic mass is 19.4. The number of nitrogens with one attached hydrogen (secondary N) is 1. The highest BCUT2D eigenvalue weighted by molar-refractivity contribution is 5.85. The molecule has 11 heteroatoms. The summed E-state index contributed by atoms with van der Waals surface area (Å²) in [4.78, 5) is 6.62. The Balaban J connectivity index is 1.53. The van der Waals surface area contributed by atoms with E-state index in [9.17, 15) is 26.3 Å². The molecule has 212 valence electrons. The van der Waals surface area contributed by atoms with E-state index < -0.39 is 38.1 Å². The molecule has 1 fully saturated rings.